The molecule has 1 aromatic heterocycles. The summed E-state index contributed by atoms with van der Waals surface area (Å²) in [6.07, 6.45) is 2.71. The summed E-state index contributed by atoms with van der Waals surface area (Å²) in [4.78, 5) is 54.9. The number of thiol groups is 1. The molecule has 0 radical (unpaired) electrons. The lowest BCUT2D eigenvalue weighted by Crippen LogP contribution is -2.59. The Morgan fingerprint density at radius 1 is 1.13 bits per heavy atom. The first-order valence-corrected chi connectivity index (χ1v) is 9.82. The van der Waals surface area contributed by atoms with E-state index in [2.05, 4.69) is 38.5 Å². The quantitative estimate of drug-likeness (QED) is 0.160. The van der Waals surface area contributed by atoms with Gasteiger partial charge in [0.05, 0.1) is 19.0 Å². The van der Waals surface area contributed by atoms with Crippen LogP contribution in [0.1, 0.15) is 19.5 Å². The average Bonchev–Trinajstić information content (AvgIpc) is 3.21. The number of aliphatic hydroxyl groups excluding tert-OH is 1. The van der Waals surface area contributed by atoms with Crippen molar-refractivity contribution in [2.75, 3.05) is 12.4 Å². The zero-order valence-electron chi connectivity index (χ0n) is 16.7. The lowest BCUT2D eigenvalue weighted by Gasteiger charge is -2.26. The van der Waals surface area contributed by atoms with Crippen LogP contribution in [0.15, 0.2) is 12.5 Å². The second-order valence-corrected chi connectivity index (χ2v) is 7.31. The van der Waals surface area contributed by atoms with Crippen molar-refractivity contribution in [1.82, 2.24) is 25.9 Å². The van der Waals surface area contributed by atoms with E-state index in [9.17, 15) is 29.4 Å². The summed E-state index contributed by atoms with van der Waals surface area (Å²) in [7, 11) is 0. The summed E-state index contributed by atoms with van der Waals surface area (Å²) >= 11 is 3.93. The number of imidazole rings is 1. The van der Waals surface area contributed by atoms with E-state index in [0.29, 0.717) is 5.69 Å². The van der Waals surface area contributed by atoms with Crippen molar-refractivity contribution in [1.29, 1.82) is 0 Å². The molecule has 1 aromatic rings. The number of aromatic nitrogens is 2. The summed E-state index contributed by atoms with van der Waals surface area (Å²) < 4.78 is 0. The standard InChI is InChI=1S/C17H28N6O6S/c1-8(2)13(23-14(25)10(18)6-30)16(27)22-12(5-24)15(26)21-11(17(28)29)3-9-4-19-7-20-9/h4,7-8,10-13,24,30H,3,5-6,18H2,1-2H3,(H,19,20)(H,21,26)(H,22,27)(H,23,25)(H,28,29). The van der Waals surface area contributed by atoms with Crippen molar-refractivity contribution in [2.45, 2.75) is 44.4 Å². The van der Waals surface area contributed by atoms with Gasteiger partial charge in [-0.3, -0.25) is 14.4 Å². The van der Waals surface area contributed by atoms with E-state index in [-0.39, 0.29) is 18.1 Å². The average molecular weight is 445 g/mol. The maximum atomic E-state index is 12.6. The van der Waals surface area contributed by atoms with E-state index in [1.807, 2.05) is 0 Å². The number of aliphatic carboxylic acids is 1. The predicted octanol–water partition coefficient (Wildman–Crippen LogP) is -2.60. The minimum atomic E-state index is -1.42. The molecule has 12 nitrogen and oxygen atoms in total. The fraction of sp³-hybridized carbons (Fsp3) is 0.588. The molecule has 0 fully saturated rings. The minimum absolute atomic E-state index is 0.0700. The second-order valence-electron chi connectivity index (χ2n) is 6.94. The van der Waals surface area contributed by atoms with Crippen molar-refractivity contribution in [3.8, 4) is 0 Å². The van der Waals surface area contributed by atoms with Crippen LogP contribution in [0.3, 0.4) is 0 Å². The normalized spacial score (nSPS) is 15.0. The van der Waals surface area contributed by atoms with Crippen LogP contribution in [0.4, 0.5) is 0 Å². The van der Waals surface area contributed by atoms with Gasteiger partial charge in [-0.05, 0) is 5.92 Å². The number of hydrogen-bond donors (Lipinski definition) is 8. The molecule has 0 bridgehead atoms. The zero-order chi connectivity index (χ0) is 22.8. The fourth-order valence-corrected chi connectivity index (χ4v) is 2.59. The monoisotopic (exact) mass is 444 g/mol. The van der Waals surface area contributed by atoms with Gasteiger partial charge in [-0.2, -0.15) is 12.6 Å². The molecule has 0 saturated heterocycles. The molecular weight excluding hydrogens is 416 g/mol. The Morgan fingerprint density at radius 3 is 2.23 bits per heavy atom. The first kappa shape index (κ1) is 25.4. The smallest absolute Gasteiger partial charge is 0.326 e. The summed E-state index contributed by atoms with van der Waals surface area (Å²) in [5.74, 6) is -3.77. The maximum absolute atomic E-state index is 12.6. The van der Waals surface area contributed by atoms with Gasteiger partial charge in [0.25, 0.3) is 0 Å². The second kappa shape index (κ2) is 12.1. The molecule has 13 heteroatoms. The number of aliphatic hydroxyl groups is 1. The van der Waals surface area contributed by atoms with Crippen LogP contribution in [-0.2, 0) is 25.6 Å². The number of nitrogens with zero attached hydrogens (tertiary/aromatic N) is 1. The van der Waals surface area contributed by atoms with Crippen LogP contribution in [0.2, 0.25) is 0 Å². The molecule has 168 valence electrons. The molecule has 1 heterocycles. The van der Waals surface area contributed by atoms with E-state index in [4.69, 9.17) is 5.73 Å². The summed E-state index contributed by atoms with van der Waals surface area (Å²) in [5.41, 5.74) is 6.07. The third-order valence-electron chi connectivity index (χ3n) is 4.19. The molecule has 0 aromatic carbocycles. The van der Waals surface area contributed by atoms with Crippen LogP contribution in [-0.4, -0.2) is 80.4 Å². The van der Waals surface area contributed by atoms with Gasteiger partial charge in [-0.15, -0.1) is 0 Å². The lowest BCUT2D eigenvalue weighted by atomic mass is 10.0. The molecular formula is C17H28N6O6S. The fourth-order valence-electron chi connectivity index (χ4n) is 2.42. The molecule has 30 heavy (non-hydrogen) atoms. The van der Waals surface area contributed by atoms with Crippen LogP contribution in [0.25, 0.3) is 0 Å². The van der Waals surface area contributed by atoms with Gasteiger partial charge in [0.1, 0.15) is 18.1 Å². The third-order valence-corrected chi connectivity index (χ3v) is 4.58. The van der Waals surface area contributed by atoms with Gasteiger partial charge >= 0.3 is 5.97 Å². The molecule has 0 spiro atoms. The highest BCUT2D eigenvalue weighted by Crippen LogP contribution is 2.04. The zero-order valence-corrected chi connectivity index (χ0v) is 17.6. The van der Waals surface area contributed by atoms with E-state index >= 15 is 0 Å². The summed E-state index contributed by atoms with van der Waals surface area (Å²) in [6, 6.07) is -4.67. The van der Waals surface area contributed by atoms with Crippen molar-refractivity contribution >= 4 is 36.3 Å². The highest BCUT2D eigenvalue weighted by atomic mass is 32.1. The predicted molar refractivity (Wildman–Crippen MR) is 109 cm³/mol. The van der Waals surface area contributed by atoms with Crippen molar-refractivity contribution in [2.24, 2.45) is 11.7 Å². The van der Waals surface area contributed by atoms with E-state index in [0.717, 1.165) is 0 Å². The first-order valence-electron chi connectivity index (χ1n) is 9.19. The van der Waals surface area contributed by atoms with E-state index < -0.39 is 54.5 Å². The van der Waals surface area contributed by atoms with Gasteiger partial charge in [0, 0.05) is 24.1 Å². The maximum Gasteiger partial charge on any atom is 0.326 e. The molecule has 0 aliphatic rings. The van der Waals surface area contributed by atoms with Crippen LogP contribution in [0, 0.1) is 5.92 Å². The van der Waals surface area contributed by atoms with Crippen LogP contribution >= 0.6 is 12.6 Å². The Labute approximate surface area is 178 Å². The van der Waals surface area contributed by atoms with Crippen LogP contribution < -0.4 is 21.7 Å². The number of H-pyrrole nitrogens is 1. The Morgan fingerprint density at radius 2 is 1.77 bits per heavy atom. The number of nitrogens with two attached hydrogens (primary N) is 1. The number of rotatable bonds is 12. The molecule has 0 saturated carbocycles. The number of hydrogen-bond acceptors (Lipinski definition) is 8. The molecule has 4 unspecified atom stereocenters. The largest absolute Gasteiger partial charge is 0.480 e. The van der Waals surface area contributed by atoms with Gasteiger partial charge < -0.3 is 36.9 Å². The molecule has 0 aliphatic heterocycles. The highest BCUT2D eigenvalue weighted by molar-refractivity contribution is 7.80. The molecule has 0 aliphatic carbocycles. The number of carboxylic acids is 1. The summed E-state index contributed by atoms with van der Waals surface area (Å²) in [5, 5.41) is 25.9. The SMILES string of the molecule is CC(C)C(NC(=O)C(N)CS)C(=O)NC(CO)C(=O)NC(Cc1cnc[nH]1)C(=O)O. The molecule has 4 atom stereocenters. The Kier molecular flexibility index (Phi) is 10.3. The lowest BCUT2D eigenvalue weighted by molar-refractivity contribution is -0.142. The number of nitrogens with one attached hydrogen (secondary N) is 4. The molecule has 1 rings (SSSR count). The Balaban J connectivity index is 2.80. The van der Waals surface area contributed by atoms with Crippen molar-refractivity contribution < 1.29 is 29.4 Å². The molecule has 3 amide bonds. The molecule has 8 N–H and O–H groups in total. The topological polar surface area (TPSA) is 200 Å². The number of amides is 3. The van der Waals surface area contributed by atoms with Gasteiger partial charge in [0.15, 0.2) is 0 Å². The number of carboxylic acid groups (broad SMARTS) is 1. The van der Waals surface area contributed by atoms with E-state index in [1.165, 1.54) is 12.5 Å². The van der Waals surface area contributed by atoms with Gasteiger partial charge in [0.2, 0.25) is 17.7 Å². The Hall–Kier alpha value is -2.64. The number of carbonyl (C=O) groups excluding carboxylic acids is 3. The van der Waals surface area contributed by atoms with Gasteiger partial charge in [-0.25, -0.2) is 9.78 Å². The van der Waals surface area contributed by atoms with Crippen molar-refractivity contribution in [3.63, 3.8) is 0 Å². The number of carbonyl (C=O) groups is 4. The third kappa shape index (κ3) is 7.65. The Bertz CT molecular complexity index is 728. The highest BCUT2D eigenvalue weighted by Gasteiger charge is 2.31. The minimum Gasteiger partial charge on any atom is -0.480 e. The number of aromatic amines is 1. The van der Waals surface area contributed by atoms with Crippen LogP contribution in [0.5, 0.6) is 0 Å². The van der Waals surface area contributed by atoms with Crippen molar-refractivity contribution in [3.05, 3.63) is 18.2 Å². The van der Waals surface area contributed by atoms with E-state index in [1.54, 1.807) is 13.8 Å². The first-order chi connectivity index (χ1) is 14.1. The summed E-state index contributed by atoms with van der Waals surface area (Å²) in [6.45, 7) is 2.58. The van der Waals surface area contributed by atoms with Gasteiger partial charge in [-0.1, -0.05) is 13.8 Å².